The maximum Gasteiger partial charge on any atom is 0.348 e. The van der Waals surface area contributed by atoms with Crippen molar-refractivity contribution in [2.24, 2.45) is 0 Å². The van der Waals surface area contributed by atoms with Gasteiger partial charge in [-0.25, -0.2) is 9.59 Å². The summed E-state index contributed by atoms with van der Waals surface area (Å²) in [6.45, 7) is -0.753. The molecule has 0 aromatic heterocycles. The molecule has 2 rings (SSSR count). The number of esters is 3. The van der Waals surface area contributed by atoms with Gasteiger partial charge in [0.05, 0.1) is 30.8 Å². The number of carbonyl (C=O) groups excluding carboxylic acids is 3. The molecule has 0 saturated carbocycles. The van der Waals surface area contributed by atoms with Crippen molar-refractivity contribution in [1.82, 2.24) is 0 Å². The van der Waals surface area contributed by atoms with E-state index in [1.807, 2.05) is 0 Å². The minimum atomic E-state index is -1.04. The third-order valence-electron chi connectivity index (χ3n) is 3.89. The number of ether oxygens (including phenoxy) is 5. The molecule has 1 aromatic carbocycles. The van der Waals surface area contributed by atoms with E-state index < -0.39 is 35.5 Å². The average molecular weight is 397 g/mol. The van der Waals surface area contributed by atoms with Gasteiger partial charge in [0.15, 0.2) is 24.2 Å². The normalized spacial score (nSPS) is 16.0. The lowest BCUT2D eigenvalue weighted by Gasteiger charge is -2.20. The lowest BCUT2D eigenvalue weighted by molar-refractivity contribution is -0.385. The van der Waals surface area contributed by atoms with Gasteiger partial charge in [0.1, 0.15) is 6.61 Å². The molecule has 1 unspecified atom stereocenters. The molecule has 11 nitrogen and oxygen atoms in total. The van der Waals surface area contributed by atoms with Gasteiger partial charge in [0.2, 0.25) is 0 Å². The summed E-state index contributed by atoms with van der Waals surface area (Å²) >= 11 is 0. The summed E-state index contributed by atoms with van der Waals surface area (Å²) in [5, 5.41) is 11.2. The van der Waals surface area contributed by atoms with Crippen LogP contribution in [0.15, 0.2) is 12.1 Å². The quantitative estimate of drug-likeness (QED) is 0.259. The zero-order valence-electron chi connectivity index (χ0n) is 15.3. The third-order valence-corrected chi connectivity index (χ3v) is 3.89. The Morgan fingerprint density at radius 1 is 1.25 bits per heavy atom. The van der Waals surface area contributed by atoms with E-state index in [9.17, 15) is 24.5 Å². The first-order chi connectivity index (χ1) is 13.3. The first-order valence-electron chi connectivity index (χ1n) is 8.26. The predicted octanol–water partition coefficient (Wildman–Crippen LogP) is 1.29. The number of rotatable bonds is 9. The second-order valence-corrected chi connectivity index (χ2v) is 5.73. The molecule has 1 aliphatic rings. The first-order valence-corrected chi connectivity index (χ1v) is 8.26. The molecule has 11 heteroatoms. The summed E-state index contributed by atoms with van der Waals surface area (Å²) in [5.74, 6) is -1.49. The molecule has 0 N–H and O–H groups in total. The fourth-order valence-corrected chi connectivity index (χ4v) is 2.50. The Balaban J connectivity index is 1.90. The number of benzene rings is 1. The van der Waals surface area contributed by atoms with Gasteiger partial charge in [-0.05, 0) is 18.9 Å². The molecular formula is C17H19NO10. The van der Waals surface area contributed by atoms with E-state index in [0.717, 1.165) is 0 Å². The molecule has 28 heavy (non-hydrogen) atoms. The molecular weight excluding hydrogens is 378 g/mol. The highest BCUT2D eigenvalue weighted by Crippen LogP contribution is 2.34. The Morgan fingerprint density at radius 2 is 1.93 bits per heavy atom. The monoisotopic (exact) mass is 397 g/mol. The number of hydrogen-bond acceptors (Lipinski definition) is 10. The Morgan fingerprint density at radius 3 is 2.57 bits per heavy atom. The molecule has 0 amide bonds. The largest absolute Gasteiger partial charge is 0.493 e. The minimum Gasteiger partial charge on any atom is -0.493 e. The number of carbonyl (C=O) groups is 3. The van der Waals surface area contributed by atoms with Gasteiger partial charge >= 0.3 is 17.9 Å². The zero-order chi connectivity index (χ0) is 20.7. The standard InChI is InChI=1S/C17H19NO10/c1-24-13-6-10(11(18(22)23)7-14(13)25-2)8-26-15(19)5-3-4-12-17(21)27-9-16(20)28-12/h6-7,12H,3-5,8-9H2,1-2H3. The number of nitro benzene ring substituents is 1. The van der Waals surface area contributed by atoms with Crippen LogP contribution in [0.2, 0.25) is 0 Å². The average Bonchev–Trinajstić information content (AvgIpc) is 2.68. The van der Waals surface area contributed by atoms with Gasteiger partial charge in [0.25, 0.3) is 5.69 Å². The smallest absolute Gasteiger partial charge is 0.348 e. The van der Waals surface area contributed by atoms with Crippen molar-refractivity contribution in [2.45, 2.75) is 32.0 Å². The Labute approximate surface area is 159 Å². The summed E-state index contributed by atoms with van der Waals surface area (Å²) in [5.41, 5.74) is -0.136. The summed E-state index contributed by atoms with van der Waals surface area (Å²) in [6.07, 6.45) is -0.792. The minimum absolute atomic E-state index is 0.0670. The number of nitrogens with zero attached hydrogens (tertiary/aromatic N) is 1. The van der Waals surface area contributed by atoms with Crippen LogP contribution in [0.5, 0.6) is 11.5 Å². The molecule has 0 radical (unpaired) electrons. The van der Waals surface area contributed by atoms with Crippen LogP contribution < -0.4 is 9.47 Å². The molecule has 1 aliphatic heterocycles. The number of hydrogen-bond donors (Lipinski definition) is 0. The van der Waals surface area contributed by atoms with E-state index in [1.54, 1.807) is 0 Å². The Hall–Kier alpha value is -3.37. The molecule has 152 valence electrons. The number of nitro groups is 1. The lowest BCUT2D eigenvalue weighted by atomic mass is 10.1. The molecule has 0 spiro atoms. The van der Waals surface area contributed by atoms with E-state index in [2.05, 4.69) is 4.74 Å². The Bertz CT molecular complexity index is 775. The highest BCUT2D eigenvalue weighted by Gasteiger charge is 2.30. The predicted molar refractivity (Wildman–Crippen MR) is 90.7 cm³/mol. The van der Waals surface area contributed by atoms with Crippen molar-refractivity contribution >= 4 is 23.6 Å². The SMILES string of the molecule is COc1cc(COC(=O)CCCC2OC(=O)COC2=O)c([N+](=O)[O-])cc1OC. The van der Waals surface area contributed by atoms with E-state index in [1.165, 1.54) is 26.4 Å². The van der Waals surface area contributed by atoms with Crippen molar-refractivity contribution in [3.8, 4) is 11.5 Å². The topological polar surface area (TPSA) is 140 Å². The maximum absolute atomic E-state index is 11.9. The number of methoxy groups -OCH3 is 2. The van der Waals surface area contributed by atoms with Gasteiger partial charge in [-0.1, -0.05) is 0 Å². The van der Waals surface area contributed by atoms with Crippen molar-refractivity contribution < 1.29 is 43.0 Å². The molecule has 0 bridgehead atoms. The second kappa shape index (κ2) is 9.53. The van der Waals surface area contributed by atoms with Crippen LogP contribution in [0.1, 0.15) is 24.8 Å². The first kappa shape index (κ1) is 20.9. The van der Waals surface area contributed by atoms with E-state index >= 15 is 0 Å². The zero-order valence-corrected chi connectivity index (χ0v) is 15.3. The van der Waals surface area contributed by atoms with E-state index in [0.29, 0.717) is 0 Å². The van der Waals surface area contributed by atoms with Gasteiger partial charge in [0, 0.05) is 6.42 Å². The van der Waals surface area contributed by atoms with Gasteiger partial charge in [-0.2, -0.15) is 0 Å². The van der Waals surface area contributed by atoms with Crippen molar-refractivity contribution in [3.63, 3.8) is 0 Å². The fourth-order valence-electron chi connectivity index (χ4n) is 2.50. The summed E-state index contributed by atoms with van der Waals surface area (Å²) < 4.78 is 24.6. The van der Waals surface area contributed by atoms with Crippen molar-refractivity contribution in [1.29, 1.82) is 0 Å². The van der Waals surface area contributed by atoms with Crippen molar-refractivity contribution in [2.75, 3.05) is 20.8 Å². The maximum atomic E-state index is 11.9. The van der Waals surface area contributed by atoms with Crippen LogP contribution in [0.3, 0.4) is 0 Å². The summed E-state index contributed by atoms with van der Waals surface area (Å²) in [7, 11) is 2.73. The van der Waals surface area contributed by atoms with Crippen LogP contribution >= 0.6 is 0 Å². The van der Waals surface area contributed by atoms with Crippen LogP contribution in [-0.4, -0.2) is 49.8 Å². The van der Waals surface area contributed by atoms with Crippen LogP contribution in [0, 0.1) is 10.1 Å². The second-order valence-electron chi connectivity index (χ2n) is 5.73. The van der Waals surface area contributed by atoms with Crippen LogP contribution in [0.4, 0.5) is 5.69 Å². The Kier molecular flexibility index (Phi) is 7.13. The van der Waals surface area contributed by atoms with E-state index in [-0.39, 0.29) is 48.6 Å². The highest BCUT2D eigenvalue weighted by molar-refractivity contribution is 5.85. The third kappa shape index (κ3) is 5.32. The van der Waals surface area contributed by atoms with Gasteiger partial charge < -0.3 is 23.7 Å². The summed E-state index contributed by atoms with van der Waals surface area (Å²) in [4.78, 5) is 45.0. The molecule has 1 atom stereocenters. The van der Waals surface area contributed by atoms with Gasteiger partial charge in [-0.3, -0.25) is 14.9 Å². The lowest BCUT2D eigenvalue weighted by Crippen LogP contribution is -2.37. The summed E-state index contributed by atoms with van der Waals surface area (Å²) in [6, 6.07) is 2.55. The molecule has 1 saturated heterocycles. The fraction of sp³-hybridized carbons (Fsp3) is 0.471. The van der Waals surface area contributed by atoms with Crippen molar-refractivity contribution in [3.05, 3.63) is 27.8 Å². The van der Waals surface area contributed by atoms with Crippen LogP contribution in [0.25, 0.3) is 0 Å². The molecule has 1 fully saturated rings. The number of cyclic esters (lactones) is 2. The highest BCUT2D eigenvalue weighted by atomic mass is 16.6. The molecule has 0 aliphatic carbocycles. The van der Waals surface area contributed by atoms with Gasteiger partial charge in [-0.15, -0.1) is 0 Å². The van der Waals surface area contributed by atoms with Crippen LogP contribution in [-0.2, 0) is 35.2 Å². The molecule has 1 aromatic rings. The van der Waals surface area contributed by atoms with E-state index in [4.69, 9.17) is 18.9 Å². The molecule has 1 heterocycles.